The van der Waals surface area contributed by atoms with Crippen LogP contribution in [0.3, 0.4) is 0 Å². The zero-order valence-electron chi connectivity index (χ0n) is 18.3. The lowest BCUT2D eigenvalue weighted by Crippen LogP contribution is -2.40. The van der Waals surface area contributed by atoms with Crippen molar-refractivity contribution in [3.8, 4) is 0 Å². The second kappa shape index (κ2) is 10.1. The first kappa shape index (κ1) is 24.0. The van der Waals surface area contributed by atoms with Crippen LogP contribution in [0.1, 0.15) is 27.2 Å². The van der Waals surface area contributed by atoms with Crippen LogP contribution in [0.2, 0.25) is 0 Å². The fraction of sp³-hybridized carbons (Fsp3) is 0.476. The van der Waals surface area contributed by atoms with Gasteiger partial charge in [0.1, 0.15) is 17.1 Å². The Labute approximate surface area is 180 Å². The van der Waals surface area contributed by atoms with E-state index in [1.807, 2.05) is 4.90 Å². The monoisotopic (exact) mass is 437 g/mol. The molecule has 1 fully saturated rings. The maximum atomic E-state index is 13.9. The minimum atomic E-state index is -0.813. The van der Waals surface area contributed by atoms with Crippen molar-refractivity contribution >= 4 is 29.4 Å². The number of hydrogen-bond donors (Lipinski definition) is 2. The summed E-state index contributed by atoms with van der Waals surface area (Å²) in [5, 5.41) is 5.58. The van der Waals surface area contributed by atoms with Gasteiger partial charge in [0.2, 0.25) is 0 Å². The van der Waals surface area contributed by atoms with Gasteiger partial charge >= 0.3 is 18.0 Å². The second-order valence-corrected chi connectivity index (χ2v) is 7.94. The maximum absolute atomic E-state index is 13.9. The van der Waals surface area contributed by atoms with Gasteiger partial charge in [0, 0.05) is 13.1 Å². The summed E-state index contributed by atoms with van der Waals surface area (Å²) in [6.07, 6.45) is 1.07. The van der Waals surface area contributed by atoms with Gasteiger partial charge in [-0.1, -0.05) is 0 Å². The number of rotatable bonds is 6. The first-order valence-corrected chi connectivity index (χ1v) is 9.71. The van der Waals surface area contributed by atoms with Crippen LogP contribution in [-0.2, 0) is 23.8 Å². The van der Waals surface area contributed by atoms with Crippen LogP contribution in [0, 0.1) is 5.82 Å². The second-order valence-electron chi connectivity index (χ2n) is 7.94. The lowest BCUT2D eigenvalue weighted by atomic mass is 10.2. The summed E-state index contributed by atoms with van der Waals surface area (Å²) >= 11 is 0. The fourth-order valence-electron chi connectivity index (χ4n) is 3.03. The molecule has 2 rings (SSSR count). The van der Waals surface area contributed by atoms with Crippen LogP contribution in [0.4, 0.5) is 20.6 Å². The molecule has 1 heterocycles. The number of nitrogens with zero attached hydrogens (tertiary/aromatic N) is 1. The number of carbonyl (C=O) groups is 3. The van der Waals surface area contributed by atoms with E-state index in [0.717, 1.165) is 13.2 Å². The van der Waals surface area contributed by atoms with Crippen LogP contribution in [-0.4, -0.2) is 57.0 Å². The van der Waals surface area contributed by atoms with Crippen LogP contribution in [0.5, 0.6) is 0 Å². The Hall–Kier alpha value is -3.30. The van der Waals surface area contributed by atoms with Crippen molar-refractivity contribution in [1.82, 2.24) is 5.32 Å². The maximum Gasteiger partial charge on any atom is 0.407 e. The molecule has 1 aromatic carbocycles. The zero-order valence-corrected chi connectivity index (χ0v) is 18.3. The summed E-state index contributed by atoms with van der Waals surface area (Å²) in [6.45, 7) is 6.38. The van der Waals surface area contributed by atoms with Gasteiger partial charge in [0.05, 0.1) is 37.7 Å². The molecule has 1 amide bonds. The van der Waals surface area contributed by atoms with E-state index in [1.54, 1.807) is 26.8 Å². The van der Waals surface area contributed by atoms with Gasteiger partial charge in [-0.25, -0.2) is 18.8 Å². The first-order chi connectivity index (χ1) is 14.5. The number of carbonyl (C=O) groups excluding carboxylic acids is 3. The predicted molar refractivity (Wildman–Crippen MR) is 112 cm³/mol. The van der Waals surface area contributed by atoms with Crippen molar-refractivity contribution in [2.24, 2.45) is 0 Å². The van der Waals surface area contributed by atoms with Crippen LogP contribution < -0.4 is 15.5 Å². The summed E-state index contributed by atoms with van der Waals surface area (Å²) in [5.74, 6) is -2.11. The van der Waals surface area contributed by atoms with Crippen LogP contribution in [0.15, 0.2) is 30.0 Å². The SMILES string of the molecule is COC(=O)/C=C(/Nc1cc(F)ccc1N1CCC(NC(=O)OC(C)(C)C)C1)C(=O)OC. The molecule has 0 bridgehead atoms. The number of alkyl carbamates (subject to hydrolysis) is 1. The highest BCUT2D eigenvalue weighted by Crippen LogP contribution is 2.31. The number of amides is 1. The van der Waals surface area contributed by atoms with Crippen LogP contribution in [0.25, 0.3) is 0 Å². The lowest BCUT2D eigenvalue weighted by molar-refractivity contribution is -0.138. The van der Waals surface area contributed by atoms with Crippen molar-refractivity contribution in [1.29, 1.82) is 0 Å². The fourth-order valence-corrected chi connectivity index (χ4v) is 3.03. The lowest BCUT2D eigenvalue weighted by Gasteiger charge is -2.24. The number of esters is 2. The minimum absolute atomic E-state index is 0.168. The quantitative estimate of drug-likeness (QED) is 0.397. The summed E-state index contributed by atoms with van der Waals surface area (Å²) in [5.41, 5.74) is 0.0454. The van der Waals surface area contributed by atoms with Gasteiger partial charge in [0.15, 0.2) is 0 Å². The smallest absolute Gasteiger partial charge is 0.407 e. The zero-order chi connectivity index (χ0) is 23.2. The summed E-state index contributed by atoms with van der Waals surface area (Å²) in [7, 11) is 2.33. The summed E-state index contributed by atoms with van der Waals surface area (Å²) < 4.78 is 28.5. The predicted octanol–water partition coefficient (Wildman–Crippen LogP) is 2.57. The molecule has 0 saturated carbocycles. The number of halogens is 1. The highest BCUT2D eigenvalue weighted by atomic mass is 19.1. The molecule has 9 nitrogen and oxygen atoms in total. The van der Waals surface area contributed by atoms with E-state index in [9.17, 15) is 18.8 Å². The minimum Gasteiger partial charge on any atom is -0.466 e. The molecule has 1 atom stereocenters. The molecule has 1 unspecified atom stereocenters. The Morgan fingerprint density at radius 1 is 1.19 bits per heavy atom. The van der Waals surface area contributed by atoms with Crippen LogP contribution >= 0.6 is 0 Å². The molecular weight excluding hydrogens is 409 g/mol. The average Bonchev–Trinajstić information content (AvgIpc) is 3.13. The molecule has 0 spiro atoms. The van der Waals surface area contributed by atoms with Crippen molar-refractivity contribution in [3.05, 3.63) is 35.8 Å². The number of methoxy groups -OCH3 is 2. The van der Waals surface area contributed by atoms with Crippen molar-refractivity contribution in [3.63, 3.8) is 0 Å². The van der Waals surface area contributed by atoms with E-state index in [0.29, 0.717) is 25.2 Å². The molecule has 0 aromatic heterocycles. The third-order valence-corrected chi connectivity index (χ3v) is 4.35. The topological polar surface area (TPSA) is 106 Å². The molecule has 1 aliphatic rings. The van der Waals surface area contributed by atoms with E-state index in [4.69, 9.17) is 4.74 Å². The summed E-state index contributed by atoms with van der Waals surface area (Å²) in [6, 6.07) is 3.88. The van der Waals surface area contributed by atoms with E-state index >= 15 is 0 Å². The molecule has 1 saturated heterocycles. The normalized spacial score (nSPS) is 16.5. The van der Waals surface area contributed by atoms with E-state index in [-0.39, 0.29) is 17.4 Å². The summed E-state index contributed by atoms with van der Waals surface area (Å²) in [4.78, 5) is 37.6. The molecule has 170 valence electrons. The molecule has 1 aliphatic heterocycles. The number of benzene rings is 1. The number of ether oxygens (including phenoxy) is 3. The highest BCUT2D eigenvalue weighted by Gasteiger charge is 2.28. The van der Waals surface area contributed by atoms with Gasteiger partial charge in [0.25, 0.3) is 0 Å². The molecule has 10 heteroatoms. The van der Waals surface area contributed by atoms with Gasteiger partial charge in [-0.05, 0) is 45.4 Å². The number of hydrogen-bond acceptors (Lipinski definition) is 8. The Balaban J connectivity index is 2.20. The van der Waals surface area contributed by atoms with Crippen molar-refractivity contribution in [2.75, 3.05) is 37.5 Å². The number of nitrogens with one attached hydrogen (secondary N) is 2. The largest absolute Gasteiger partial charge is 0.466 e. The molecule has 31 heavy (non-hydrogen) atoms. The Kier molecular flexibility index (Phi) is 7.84. The van der Waals surface area contributed by atoms with Crippen molar-refractivity contribution in [2.45, 2.75) is 38.8 Å². The number of anilines is 2. The standard InChI is InChI=1S/C21H28FN3O6/c1-21(2,3)31-20(28)23-14-8-9-25(12-14)17-7-6-13(22)10-15(17)24-16(19(27)30-5)11-18(26)29-4/h6-7,10-11,14,24H,8-9,12H2,1-5H3,(H,23,28)/b16-11+. The third-order valence-electron chi connectivity index (χ3n) is 4.35. The van der Waals surface area contributed by atoms with E-state index in [2.05, 4.69) is 20.1 Å². The van der Waals surface area contributed by atoms with Gasteiger partial charge in [-0.2, -0.15) is 0 Å². The first-order valence-electron chi connectivity index (χ1n) is 9.71. The molecule has 0 radical (unpaired) electrons. The molecule has 2 N–H and O–H groups in total. The highest BCUT2D eigenvalue weighted by molar-refractivity contribution is 5.99. The van der Waals surface area contributed by atoms with Crippen molar-refractivity contribution < 1.29 is 33.0 Å². The van der Waals surface area contributed by atoms with E-state index < -0.39 is 29.5 Å². The van der Waals surface area contributed by atoms with Gasteiger partial charge in [-0.3, -0.25) is 0 Å². The van der Waals surface area contributed by atoms with Gasteiger partial charge < -0.3 is 29.7 Å². The molecular formula is C21H28FN3O6. The Morgan fingerprint density at radius 3 is 2.52 bits per heavy atom. The van der Waals surface area contributed by atoms with E-state index in [1.165, 1.54) is 19.2 Å². The molecule has 0 aliphatic carbocycles. The molecule has 1 aromatic rings. The Bertz CT molecular complexity index is 865. The average molecular weight is 437 g/mol. The van der Waals surface area contributed by atoms with Gasteiger partial charge in [-0.15, -0.1) is 0 Å². The third kappa shape index (κ3) is 7.16. The Morgan fingerprint density at radius 2 is 1.90 bits per heavy atom.